The van der Waals surface area contributed by atoms with Crippen LogP contribution in [0.4, 0.5) is 0 Å². The zero-order chi connectivity index (χ0) is 20.9. The summed E-state index contributed by atoms with van der Waals surface area (Å²) in [7, 11) is -3.32. The molecule has 4 heterocycles. The van der Waals surface area contributed by atoms with Crippen LogP contribution in [0.25, 0.3) is 21.8 Å². The Morgan fingerprint density at radius 1 is 1.27 bits per heavy atom. The maximum atomic E-state index is 12.8. The summed E-state index contributed by atoms with van der Waals surface area (Å²) in [6.45, 7) is 2.35. The third kappa shape index (κ3) is 3.61. The zero-order valence-corrected chi connectivity index (χ0v) is 18.0. The van der Waals surface area contributed by atoms with E-state index in [0.717, 1.165) is 42.1 Å². The smallest absolute Gasteiger partial charge is 0.214 e. The molecule has 160 valence electrons. The molecule has 0 radical (unpaired) electrons. The molecule has 2 N–H and O–H groups in total. The minimum atomic E-state index is -3.32. The molecule has 1 atom stereocenters. The van der Waals surface area contributed by atoms with Gasteiger partial charge in [-0.15, -0.1) is 0 Å². The van der Waals surface area contributed by atoms with E-state index in [2.05, 4.69) is 21.1 Å². The average molecular weight is 429 g/mol. The van der Waals surface area contributed by atoms with Gasteiger partial charge >= 0.3 is 0 Å². The lowest BCUT2D eigenvalue weighted by atomic mass is 9.79. The molecule has 1 saturated heterocycles. The van der Waals surface area contributed by atoms with Gasteiger partial charge < -0.3 is 10.1 Å². The molecule has 0 aromatic carbocycles. The molecular formula is C22H28N4O3S. The van der Waals surface area contributed by atoms with Crippen molar-refractivity contribution in [1.29, 1.82) is 0 Å². The third-order valence-corrected chi connectivity index (χ3v) is 8.88. The van der Waals surface area contributed by atoms with Gasteiger partial charge in [0.1, 0.15) is 5.65 Å². The van der Waals surface area contributed by atoms with Gasteiger partial charge in [0.15, 0.2) is 0 Å². The minimum Gasteiger partial charge on any atom is -0.389 e. The molecular weight excluding hydrogens is 400 g/mol. The summed E-state index contributed by atoms with van der Waals surface area (Å²) in [6.07, 6.45) is 11.9. The van der Waals surface area contributed by atoms with Gasteiger partial charge in [-0.25, -0.2) is 13.4 Å². The van der Waals surface area contributed by atoms with Gasteiger partial charge in [0.25, 0.3) is 0 Å². The minimum absolute atomic E-state index is 0.182. The fourth-order valence-electron chi connectivity index (χ4n) is 5.19. The number of pyridine rings is 2. The third-order valence-electron chi connectivity index (χ3n) is 6.89. The van der Waals surface area contributed by atoms with Crippen LogP contribution in [0.15, 0.2) is 30.9 Å². The number of aromatic amines is 1. The van der Waals surface area contributed by atoms with Gasteiger partial charge in [0.2, 0.25) is 10.0 Å². The molecule has 2 aliphatic rings. The molecule has 1 unspecified atom stereocenters. The van der Waals surface area contributed by atoms with Crippen LogP contribution in [0.3, 0.4) is 0 Å². The van der Waals surface area contributed by atoms with Crippen LogP contribution in [0.5, 0.6) is 0 Å². The van der Waals surface area contributed by atoms with Crippen LogP contribution >= 0.6 is 0 Å². The lowest BCUT2D eigenvalue weighted by Gasteiger charge is -2.29. The molecule has 3 aromatic rings. The number of aromatic nitrogens is 3. The number of hydrogen-bond acceptors (Lipinski definition) is 5. The van der Waals surface area contributed by atoms with Crippen molar-refractivity contribution in [1.82, 2.24) is 19.3 Å². The molecule has 7 nitrogen and oxygen atoms in total. The van der Waals surface area contributed by atoms with Crippen LogP contribution in [0.2, 0.25) is 0 Å². The van der Waals surface area contributed by atoms with Crippen molar-refractivity contribution in [3.63, 3.8) is 0 Å². The second-order valence-corrected chi connectivity index (χ2v) is 11.3. The Kier molecular flexibility index (Phi) is 4.83. The van der Waals surface area contributed by atoms with Gasteiger partial charge in [0, 0.05) is 48.6 Å². The van der Waals surface area contributed by atoms with Crippen molar-refractivity contribution >= 4 is 31.8 Å². The summed E-state index contributed by atoms with van der Waals surface area (Å²) < 4.78 is 27.1. The Hall–Kier alpha value is -2.03. The first-order chi connectivity index (χ1) is 14.3. The zero-order valence-electron chi connectivity index (χ0n) is 17.2. The Bertz CT molecular complexity index is 1180. The Morgan fingerprint density at radius 2 is 2.07 bits per heavy atom. The van der Waals surface area contributed by atoms with Gasteiger partial charge in [0.05, 0.1) is 11.4 Å². The topological polar surface area (TPSA) is 99.2 Å². The van der Waals surface area contributed by atoms with E-state index in [0.29, 0.717) is 18.9 Å². The maximum Gasteiger partial charge on any atom is 0.214 e. The van der Waals surface area contributed by atoms with E-state index in [1.807, 2.05) is 24.7 Å². The van der Waals surface area contributed by atoms with Crippen LogP contribution in [-0.2, 0) is 10.0 Å². The lowest BCUT2D eigenvalue weighted by molar-refractivity contribution is 0.0762. The van der Waals surface area contributed by atoms with E-state index in [-0.39, 0.29) is 18.2 Å². The second kappa shape index (κ2) is 7.28. The Morgan fingerprint density at radius 3 is 2.80 bits per heavy atom. The van der Waals surface area contributed by atoms with Gasteiger partial charge in [-0.3, -0.25) is 4.98 Å². The Balaban J connectivity index is 1.30. The first-order valence-corrected chi connectivity index (χ1v) is 12.3. The van der Waals surface area contributed by atoms with Gasteiger partial charge in [-0.05, 0) is 67.9 Å². The highest BCUT2D eigenvalue weighted by Gasteiger charge is 2.39. The summed E-state index contributed by atoms with van der Waals surface area (Å²) >= 11 is 0. The van der Waals surface area contributed by atoms with Crippen LogP contribution in [0, 0.1) is 5.92 Å². The van der Waals surface area contributed by atoms with Gasteiger partial charge in [-0.1, -0.05) is 0 Å². The first kappa shape index (κ1) is 19.9. The fourth-order valence-corrected chi connectivity index (χ4v) is 7.17. The summed E-state index contributed by atoms with van der Waals surface area (Å²) in [6, 6.07) is 2.04. The number of sulfonamides is 1. The summed E-state index contributed by atoms with van der Waals surface area (Å²) in [5.41, 5.74) is 1.28. The molecule has 0 spiro atoms. The number of hydrogen-bond donors (Lipinski definition) is 2. The predicted octanol–water partition coefficient (Wildman–Crippen LogP) is 3.17. The summed E-state index contributed by atoms with van der Waals surface area (Å²) in [5, 5.41) is 13.5. The van der Waals surface area contributed by atoms with E-state index >= 15 is 0 Å². The van der Waals surface area contributed by atoms with Crippen molar-refractivity contribution in [3.8, 4) is 0 Å². The average Bonchev–Trinajstić information content (AvgIpc) is 3.32. The SMILES string of the molecule is CC1(O)CCN(S(=O)(=O)CC2CCC(c3c[nH]c4ncc5cnccc5c34)CC2)C1. The second-order valence-electron chi connectivity index (χ2n) is 9.27. The number of fused-ring (bicyclic) bond motifs is 3. The molecule has 2 fully saturated rings. The molecule has 1 saturated carbocycles. The molecule has 5 rings (SSSR count). The molecule has 1 aliphatic heterocycles. The quantitative estimate of drug-likeness (QED) is 0.665. The van der Waals surface area contributed by atoms with Crippen LogP contribution in [-0.4, -0.2) is 57.2 Å². The highest BCUT2D eigenvalue weighted by atomic mass is 32.2. The van der Waals surface area contributed by atoms with E-state index in [1.54, 1.807) is 6.92 Å². The predicted molar refractivity (Wildman–Crippen MR) is 117 cm³/mol. The maximum absolute atomic E-state index is 12.8. The Labute approximate surface area is 176 Å². The highest BCUT2D eigenvalue weighted by Crippen LogP contribution is 2.41. The van der Waals surface area contributed by atoms with E-state index in [9.17, 15) is 13.5 Å². The van der Waals surface area contributed by atoms with Crippen molar-refractivity contribution in [3.05, 3.63) is 36.4 Å². The van der Waals surface area contributed by atoms with Crippen LogP contribution in [0.1, 0.15) is 50.5 Å². The van der Waals surface area contributed by atoms with Crippen molar-refractivity contribution < 1.29 is 13.5 Å². The monoisotopic (exact) mass is 428 g/mol. The fraction of sp³-hybridized carbons (Fsp3) is 0.545. The summed E-state index contributed by atoms with van der Waals surface area (Å²) in [4.78, 5) is 12.1. The largest absolute Gasteiger partial charge is 0.389 e. The van der Waals surface area contributed by atoms with E-state index in [1.165, 1.54) is 15.3 Å². The van der Waals surface area contributed by atoms with E-state index in [4.69, 9.17) is 0 Å². The standard InChI is InChI=1S/C22H28N4O3S/c1-22(27)7-9-26(14-22)30(28,29)13-15-2-4-16(5-3-15)19-12-25-21-20(19)18-6-8-23-10-17(18)11-24-21/h6,8,10-12,15-16,27H,2-5,7,9,13-14H2,1H3,(H,24,25). The normalized spacial score (nSPS) is 28.5. The number of nitrogens with zero attached hydrogens (tertiary/aromatic N) is 3. The molecule has 3 aromatic heterocycles. The molecule has 8 heteroatoms. The molecule has 1 aliphatic carbocycles. The number of rotatable bonds is 4. The number of H-pyrrole nitrogens is 1. The number of aliphatic hydroxyl groups is 1. The highest BCUT2D eigenvalue weighted by molar-refractivity contribution is 7.89. The first-order valence-electron chi connectivity index (χ1n) is 10.7. The van der Waals surface area contributed by atoms with Crippen molar-refractivity contribution in [2.45, 2.75) is 50.5 Å². The lowest BCUT2D eigenvalue weighted by Crippen LogP contribution is -2.37. The molecule has 0 bridgehead atoms. The molecule has 0 amide bonds. The number of β-amino-alcohol motifs (C(OH)–C–C–N with tert-alkyl or cyclic N) is 1. The van der Waals surface area contributed by atoms with Crippen LogP contribution < -0.4 is 0 Å². The number of nitrogens with one attached hydrogen (secondary N) is 1. The summed E-state index contributed by atoms with van der Waals surface area (Å²) in [5.74, 6) is 0.784. The van der Waals surface area contributed by atoms with Gasteiger partial charge in [-0.2, -0.15) is 4.31 Å². The molecule has 30 heavy (non-hydrogen) atoms. The van der Waals surface area contributed by atoms with Crippen molar-refractivity contribution in [2.75, 3.05) is 18.8 Å². The van der Waals surface area contributed by atoms with E-state index < -0.39 is 15.6 Å². The van der Waals surface area contributed by atoms with Crippen molar-refractivity contribution in [2.24, 2.45) is 5.92 Å².